The average Bonchev–Trinajstić information content (AvgIpc) is 3.28. The average molecular weight is 440 g/mol. The van der Waals surface area contributed by atoms with Gasteiger partial charge in [-0.25, -0.2) is 4.98 Å². The molecule has 1 aliphatic rings. The number of nitrogens with one attached hydrogen (secondary N) is 1. The molecule has 4 nitrogen and oxygen atoms in total. The Labute approximate surface area is 174 Å². The molecule has 0 bridgehead atoms. The van der Waals surface area contributed by atoms with E-state index in [0.717, 1.165) is 10.8 Å². The van der Waals surface area contributed by atoms with Gasteiger partial charge in [-0.05, 0) is 37.6 Å². The van der Waals surface area contributed by atoms with E-state index in [4.69, 9.17) is 11.6 Å². The topological polar surface area (TPSA) is 45.2 Å². The Kier molecular flexibility index (Phi) is 5.16. The third kappa shape index (κ3) is 4.04. The Morgan fingerprint density at radius 1 is 1.31 bits per heavy atom. The maximum absolute atomic E-state index is 13.3. The molecule has 152 valence electrons. The lowest BCUT2D eigenvalue weighted by atomic mass is 10.0. The van der Waals surface area contributed by atoms with Crippen molar-refractivity contribution in [2.75, 3.05) is 18.4 Å². The quantitative estimate of drug-likeness (QED) is 0.577. The molecule has 1 fully saturated rings. The van der Waals surface area contributed by atoms with Crippen molar-refractivity contribution in [3.05, 3.63) is 58.1 Å². The number of benzene rings is 2. The van der Waals surface area contributed by atoms with Gasteiger partial charge in [0, 0.05) is 19.1 Å². The number of carbonyl (C=O) groups is 1. The fraction of sp³-hybridized carbons (Fsp3) is 0.300. The van der Waals surface area contributed by atoms with Gasteiger partial charge in [-0.3, -0.25) is 4.79 Å². The molecule has 0 saturated carbocycles. The van der Waals surface area contributed by atoms with Crippen LogP contribution in [-0.2, 0) is 6.18 Å². The van der Waals surface area contributed by atoms with Crippen LogP contribution in [0.5, 0.6) is 0 Å². The molecule has 0 radical (unpaired) electrons. The molecule has 1 N–H and O–H groups in total. The molecule has 1 aliphatic heterocycles. The highest BCUT2D eigenvalue weighted by Crippen LogP contribution is 2.34. The Morgan fingerprint density at radius 2 is 2.10 bits per heavy atom. The van der Waals surface area contributed by atoms with Crippen LogP contribution < -0.4 is 5.32 Å². The lowest BCUT2D eigenvalue weighted by molar-refractivity contribution is -0.138. The summed E-state index contributed by atoms with van der Waals surface area (Å²) in [6, 6.07) is 9.10. The normalized spacial score (nSPS) is 17.1. The van der Waals surface area contributed by atoms with E-state index < -0.39 is 17.6 Å². The van der Waals surface area contributed by atoms with E-state index in [1.807, 2.05) is 12.1 Å². The number of halogens is 4. The van der Waals surface area contributed by atoms with Crippen LogP contribution in [-0.4, -0.2) is 34.9 Å². The largest absolute Gasteiger partial charge is 0.417 e. The maximum Gasteiger partial charge on any atom is 0.417 e. The molecule has 3 aromatic rings. The van der Waals surface area contributed by atoms with Crippen LogP contribution in [0.25, 0.3) is 10.2 Å². The summed E-state index contributed by atoms with van der Waals surface area (Å²) < 4.78 is 40.9. The number of aryl methyl sites for hydroxylation is 1. The van der Waals surface area contributed by atoms with Crippen LogP contribution in [0.2, 0.25) is 5.02 Å². The summed E-state index contributed by atoms with van der Waals surface area (Å²) in [7, 11) is 0. The molecular formula is C20H17ClF3N3OS. The molecule has 9 heteroatoms. The first kappa shape index (κ1) is 20.0. The Bertz CT molecular complexity index is 1080. The number of fused-ring (bicyclic) bond motifs is 1. The number of rotatable bonds is 3. The van der Waals surface area contributed by atoms with Crippen molar-refractivity contribution in [1.29, 1.82) is 0 Å². The van der Waals surface area contributed by atoms with Crippen molar-refractivity contribution < 1.29 is 18.0 Å². The number of amides is 1. The zero-order valence-corrected chi connectivity index (χ0v) is 17.0. The number of aromatic nitrogens is 1. The number of alkyl halides is 3. The summed E-state index contributed by atoms with van der Waals surface area (Å²) in [6.45, 7) is 2.37. The number of nitrogens with zero attached hydrogens (tertiary/aromatic N) is 2. The lowest BCUT2D eigenvalue weighted by Gasteiger charge is -2.20. The van der Waals surface area contributed by atoms with Crippen molar-refractivity contribution in [1.82, 2.24) is 9.88 Å². The van der Waals surface area contributed by atoms with Crippen molar-refractivity contribution in [2.24, 2.45) is 0 Å². The second-order valence-corrected chi connectivity index (χ2v) is 8.47. The molecule has 29 heavy (non-hydrogen) atoms. The van der Waals surface area contributed by atoms with Crippen LogP contribution in [0.4, 0.5) is 18.3 Å². The summed E-state index contributed by atoms with van der Waals surface area (Å²) in [5.41, 5.74) is 0.124. The van der Waals surface area contributed by atoms with Gasteiger partial charge in [-0.2, -0.15) is 13.2 Å². The maximum atomic E-state index is 13.3. The second-order valence-electron chi connectivity index (χ2n) is 7.03. The molecule has 2 heterocycles. The van der Waals surface area contributed by atoms with Crippen LogP contribution in [0, 0.1) is 6.92 Å². The Balaban J connectivity index is 1.50. The van der Waals surface area contributed by atoms with Crippen LogP contribution in [0.3, 0.4) is 0 Å². The molecule has 0 unspecified atom stereocenters. The van der Waals surface area contributed by atoms with E-state index in [0.29, 0.717) is 40.7 Å². The number of hydrogen-bond acceptors (Lipinski definition) is 4. The molecule has 2 aromatic carbocycles. The van der Waals surface area contributed by atoms with Gasteiger partial charge in [0.15, 0.2) is 5.13 Å². The minimum Gasteiger partial charge on any atom is -0.357 e. The third-order valence-electron chi connectivity index (χ3n) is 4.88. The monoisotopic (exact) mass is 439 g/mol. The highest BCUT2D eigenvalue weighted by Gasteiger charge is 2.37. The van der Waals surface area contributed by atoms with Crippen LogP contribution in [0.1, 0.15) is 27.9 Å². The number of para-hydroxylation sites is 1. The van der Waals surface area contributed by atoms with Gasteiger partial charge >= 0.3 is 6.18 Å². The number of likely N-dealkylation sites (tertiary alicyclic amines) is 1. The predicted octanol–water partition coefficient (Wildman–Crippen LogP) is 5.60. The van der Waals surface area contributed by atoms with Gasteiger partial charge in [-0.15, -0.1) is 0 Å². The van der Waals surface area contributed by atoms with Crippen molar-refractivity contribution in [3.8, 4) is 0 Å². The number of carbonyl (C=O) groups excluding carboxylic acids is 1. The Hall–Kier alpha value is -2.32. The minimum atomic E-state index is -4.57. The first-order valence-electron chi connectivity index (χ1n) is 9.01. The Morgan fingerprint density at radius 3 is 2.83 bits per heavy atom. The number of hydrogen-bond donors (Lipinski definition) is 1. The van der Waals surface area contributed by atoms with E-state index in [2.05, 4.69) is 10.3 Å². The lowest BCUT2D eigenvalue weighted by Crippen LogP contribution is -2.33. The van der Waals surface area contributed by atoms with E-state index >= 15 is 0 Å². The summed E-state index contributed by atoms with van der Waals surface area (Å²) in [5, 5.41) is 4.53. The van der Waals surface area contributed by atoms with Gasteiger partial charge in [0.05, 0.1) is 20.8 Å². The SMILES string of the molecule is Cc1ccc(C(F)(F)F)c(C(=O)N2CC[C@@H](Nc3nc4c(Cl)cccc4s3)C2)c1. The van der Waals surface area contributed by atoms with E-state index in [1.54, 1.807) is 13.0 Å². The summed E-state index contributed by atoms with van der Waals surface area (Å²) >= 11 is 7.61. The standard InChI is InChI=1S/C20H17ClF3N3OS/c1-11-5-6-14(20(22,23)24)13(9-11)18(28)27-8-7-12(10-27)25-19-26-17-15(21)3-2-4-16(17)29-19/h2-6,9,12H,7-8,10H2,1H3,(H,25,26)/t12-/m1/s1. The molecule has 0 spiro atoms. The van der Waals surface area contributed by atoms with Gasteiger partial charge in [-0.1, -0.05) is 40.6 Å². The van der Waals surface area contributed by atoms with Gasteiger partial charge in [0.1, 0.15) is 5.52 Å². The third-order valence-corrected chi connectivity index (χ3v) is 6.14. The molecule has 1 saturated heterocycles. The zero-order chi connectivity index (χ0) is 20.8. The van der Waals surface area contributed by atoms with Crippen molar-refractivity contribution >= 4 is 44.2 Å². The van der Waals surface area contributed by atoms with Gasteiger partial charge in [0.25, 0.3) is 5.91 Å². The number of anilines is 1. The van der Waals surface area contributed by atoms with E-state index in [9.17, 15) is 18.0 Å². The summed E-state index contributed by atoms with van der Waals surface area (Å²) in [4.78, 5) is 18.8. The molecular weight excluding hydrogens is 423 g/mol. The summed E-state index contributed by atoms with van der Waals surface area (Å²) in [5.74, 6) is -0.599. The fourth-order valence-electron chi connectivity index (χ4n) is 3.47. The van der Waals surface area contributed by atoms with Crippen LogP contribution >= 0.6 is 22.9 Å². The fourth-order valence-corrected chi connectivity index (χ4v) is 4.71. The molecule has 1 aromatic heterocycles. The highest BCUT2D eigenvalue weighted by molar-refractivity contribution is 7.22. The molecule has 1 amide bonds. The molecule has 4 rings (SSSR count). The second kappa shape index (κ2) is 7.50. The number of thiazole rings is 1. The van der Waals surface area contributed by atoms with E-state index in [1.165, 1.54) is 28.4 Å². The first-order valence-corrected chi connectivity index (χ1v) is 10.2. The summed E-state index contributed by atoms with van der Waals surface area (Å²) in [6.07, 6.45) is -3.95. The van der Waals surface area contributed by atoms with E-state index in [-0.39, 0.29) is 11.6 Å². The van der Waals surface area contributed by atoms with Crippen LogP contribution in [0.15, 0.2) is 36.4 Å². The zero-order valence-electron chi connectivity index (χ0n) is 15.4. The molecule has 1 atom stereocenters. The smallest absolute Gasteiger partial charge is 0.357 e. The van der Waals surface area contributed by atoms with Crippen molar-refractivity contribution in [3.63, 3.8) is 0 Å². The first-order chi connectivity index (χ1) is 13.7. The molecule has 0 aliphatic carbocycles. The van der Waals surface area contributed by atoms with Gasteiger partial charge in [0.2, 0.25) is 0 Å². The van der Waals surface area contributed by atoms with Gasteiger partial charge < -0.3 is 10.2 Å². The predicted molar refractivity (Wildman–Crippen MR) is 109 cm³/mol. The highest BCUT2D eigenvalue weighted by atomic mass is 35.5. The minimum absolute atomic E-state index is 0.0857. The van der Waals surface area contributed by atoms with Crippen molar-refractivity contribution in [2.45, 2.75) is 25.6 Å².